The molecule has 1 aromatic heterocycles. The molecule has 0 aliphatic carbocycles. The number of anilines is 1. The highest BCUT2D eigenvalue weighted by Gasteiger charge is 2.16. The molecular formula is C7H14N6O. The second kappa shape index (κ2) is 4.03. The van der Waals surface area contributed by atoms with Crippen LogP contribution in [0.2, 0.25) is 0 Å². The molecular weight excluding hydrogens is 184 g/mol. The van der Waals surface area contributed by atoms with Crippen LogP contribution in [-0.4, -0.2) is 51.2 Å². The second-order valence-electron chi connectivity index (χ2n) is 3.22. The van der Waals surface area contributed by atoms with E-state index in [1.165, 1.54) is 9.58 Å². The molecule has 7 nitrogen and oxygen atoms in total. The Morgan fingerprint density at radius 1 is 1.57 bits per heavy atom. The first-order chi connectivity index (χ1) is 6.52. The topological polar surface area (TPSA) is 75.9 Å². The molecule has 0 fully saturated rings. The SMILES string of the molecule is C[C@H](Nc1nnnn1C)C(=O)N(C)C. The summed E-state index contributed by atoms with van der Waals surface area (Å²) in [6.07, 6.45) is 0. The monoisotopic (exact) mass is 198 g/mol. The predicted octanol–water partition coefficient (Wildman–Crippen LogP) is -0.901. The van der Waals surface area contributed by atoms with Crippen LogP contribution in [0.25, 0.3) is 0 Å². The third kappa shape index (κ3) is 2.18. The van der Waals surface area contributed by atoms with Crippen molar-refractivity contribution in [3.63, 3.8) is 0 Å². The zero-order valence-electron chi connectivity index (χ0n) is 8.72. The first-order valence-electron chi connectivity index (χ1n) is 4.22. The molecule has 0 radical (unpaired) electrons. The minimum atomic E-state index is -0.338. The fourth-order valence-electron chi connectivity index (χ4n) is 0.994. The molecule has 1 aromatic rings. The molecule has 1 N–H and O–H groups in total. The van der Waals surface area contributed by atoms with Crippen LogP contribution in [0.3, 0.4) is 0 Å². The lowest BCUT2D eigenvalue weighted by atomic mass is 10.3. The molecule has 1 atom stereocenters. The zero-order chi connectivity index (χ0) is 10.7. The van der Waals surface area contributed by atoms with Crippen molar-refractivity contribution in [2.24, 2.45) is 7.05 Å². The summed E-state index contributed by atoms with van der Waals surface area (Å²) in [5.41, 5.74) is 0. The quantitative estimate of drug-likeness (QED) is 0.681. The van der Waals surface area contributed by atoms with E-state index in [-0.39, 0.29) is 11.9 Å². The molecule has 0 unspecified atom stereocenters. The Balaban J connectivity index is 2.62. The molecule has 1 amide bonds. The number of nitrogens with one attached hydrogen (secondary N) is 1. The van der Waals surface area contributed by atoms with E-state index < -0.39 is 0 Å². The van der Waals surface area contributed by atoms with E-state index in [0.717, 1.165) is 0 Å². The summed E-state index contributed by atoms with van der Waals surface area (Å²) in [4.78, 5) is 13.0. The van der Waals surface area contributed by atoms with Gasteiger partial charge in [0.1, 0.15) is 6.04 Å². The summed E-state index contributed by atoms with van der Waals surface area (Å²) in [7, 11) is 5.11. The van der Waals surface area contributed by atoms with Crippen LogP contribution < -0.4 is 5.32 Å². The Morgan fingerprint density at radius 3 is 2.64 bits per heavy atom. The van der Waals surface area contributed by atoms with Crippen LogP contribution in [0.15, 0.2) is 0 Å². The van der Waals surface area contributed by atoms with Gasteiger partial charge in [-0.25, -0.2) is 4.68 Å². The number of aryl methyl sites for hydroxylation is 1. The summed E-state index contributed by atoms with van der Waals surface area (Å²) in [6.45, 7) is 1.76. The van der Waals surface area contributed by atoms with E-state index in [0.29, 0.717) is 5.95 Å². The number of tetrazole rings is 1. The van der Waals surface area contributed by atoms with Crippen molar-refractivity contribution in [1.29, 1.82) is 0 Å². The molecule has 1 heterocycles. The molecule has 0 aromatic carbocycles. The van der Waals surface area contributed by atoms with Gasteiger partial charge in [-0.3, -0.25) is 4.79 Å². The summed E-state index contributed by atoms with van der Waals surface area (Å²) in [5.74, 6) is 0.459. The first-order valence-corrected chi connectivity index (χ1v) is 4.22. The largest absolute Gasteiger partial charge is 0.347 e. The van der Waals surface area contributed by atoms with Crippen LogP contribution in [0.1, 0.15) is 6.92 Å². The van der Waals surface area contributed by atoms with Crippen molar-refractivity contribution >= 4 is 11.9 Å². The number of carbonyl (C=O) groups excluding carboxylic acids is 1. The normalized spacial score (nSPS) is 12.3. The third-order valence-electron chi connectivity index (χ3n) is 1.78. The van der Waals surface area contributed by atoms with Gasteiger partial charge in [-0.2, -0.15) is 0 Å². The van der Waals surface area contributed by atoms with Crippen molar-refractivity contribution in [1.82, 2.24) is 25.1 Å². The van der Waals surface area contributed by atoms with Crippen LogP contribution in [0.4, 0.5) is 5.95 Å². The van der Waals surface area contributed by atoms with Gasteiger partial charge in [-0.1, -0.05) is 5.10 Å². The highest BCUT2D eigenvalue weighted by atomic mass is 16.2. The van der Waals surface area contributed by atoms with Gasteiger partial charge in [0, 0.05) is 21.1 Å². The highest BCUT2D eigenvalue weighted by Crippen LogP contribution is 2.00. The van der Waals surface area contributed by atoms with E-state index >= 15 is 0 Å². The maximum Gasteiger partial charge on any atom is 0.244 e. The van der Waals surface area contributed by atoms with Gasteiger partial charge >= 0.3 is 0 Å². The van der Waals surface area contributed by atoms with E-state index in [2.05, 4.69) is 20.8 Å². The number of likely N-dealkylation sites (N-methyl/N-ethyl adjacent to an activating group) is 1. The van der Waals surface area contributed by atoms with Gasteiger partial charge in [0.15, 0.2) is 0 Å². The Kier molecular flexibility index (Phi) is 3.00. The molecule has 78 valence electrons. The lowest BCUT2D eigenvalue weighted by Gasteiger charge is -2.17. The Labute approximate surface area is 82.1 Å². The van der Waals surface area contributed by atoms with E-state index in [1.807, 2.05) is 0 Å². The molecule has 7 heteroatoms. The summed E-state index contributed by atoms with van der Waals surface area (Å²) in [5, 5.41) is 13.7. The Hall–Kier alpha value is -1.66. The van der Waals surface area contributed by atoms with Gasteiger partial charge in [-0.05, 0) is 17.4 Å². The van der Waals surface area contributed by atoms with Gasteiger partial charge in [0.2, 0.25) is 11.9 Å². The Morgan fingerprint density at radius 2 is 2.21 bits per heavy atom. The van der Waals surface area contributed by atoms with E-state index in [1.54, 1.807) is 28.1 Å². The molecule has 14 heavy (non-hydrogen) atoms. The van der Waals surface area contributed by atoms with Crippen molar-refractivity contribution in [3.05, 3.63) is 0 Å². The molecule has 0 saturated carbocycles. The van der Waals surface area contributed by atoms with Gasteiger partial charge < -0.3 is 10.2 Å². The lowest BCUT2D eigenvalue weighted by Crippen LogP contribution is -2.37. The number of hydrogen-bond donors (Lipinski definition) is 1. The number of nitrogens with zero attached hydrogens (tertiary/aromatic N) is 5. The van der Waals surface area contributed by atoms with Crippen LogP contribution in [0.5, 0.6) is 0 Å². The molecule has 0 saturated heterocycles. The van der Waals surface area contributed by atoms with Crippen molar-refractivity contribution in [3.8, 4) is 0 Å². The number of amides is 1. The molecule has 0 aliphatic heterocycles. The van der Waals surface area contributed by atoms with Crippen molar-refractivity contribution in [2.45, 2.75) is 13.0 Å². The maximum atomic E-state index is 11.5. The summed E-state index contributed by atoms with van der Waals surface area (Å²) < 4.78 is 1.47. The third-order valence-corrected chi connectivity index (χ3v) is 1.78. The zero-order valence-corrected chi connectivity index (χ0v) is 8.72. The number of rotatable bonds is 3. The van der Waals surface area contributed by atoms with Gasteiger partial charge in [0.25, 0.3) is 0 Å². The number of carbonyl (C=O) groups is 1. The molecule has 0 spiro atoms. The Bertz CT molecular complexity index is 320. The second-order valence-corrected chi connectivity index (χ2v) is 3.22. The summed E-state index contributed by atoms with van der Waals surface area (Å²) in [6, 6.07) is -0.338. The molecule has 1 rings (SSSR count). The fraction of sp³-hybridized carbons (Fsp3) is 0.714. The van der Waals surface area contributed by atoms with Gasteiger partial charge in [-0.15, -0.1) is 0 Å². The molecule has 0 bridgehead atoms. The summed E-state index contributed by atoms with van der Waals surface area (Å²) >= 11 is 0. The average molecular weight is 198 g/mol. The fourth-order valence-corrected chi connectivity index (χ4v) is 0.994. The number of aromatic nitrogens is 4. The predicted molar refractivity (Wildman–Crippen MR) is 50.6 cm³/mol. The lowest BCUT2D eigenvalue weighted by molar-refractivity contribution is -0.129. The van der Waals surface area contributed by atoms with Crippen LogP contribution in [-0.2, 0) is 11.8 Å². The van der Waals surface area contributed by atoms with Crippen LogP contribution >= 0.6 is 0 Å². The number of hydrogen-bond acceptors (Lipinski definition) is 5. The van der Waals surface area contributed by atoms with Crippen molar-refractivity contribution < 1.29 is 4.79 Å². The minimum Gasteiger partial charge on any atom is -0.347 e. The highest BCUT2D eigenvalue weighted by molar-refractivity contribution is 5.83. The smallest absolute Gasteiger partial charge is 0.244 e. The van der Waals surface area contributed by atoms with E-state index in [4.69, 9.17) is 0 Å². The van der Waals surface area contributed by atoms with Gasteiger partial charge in [0.05, 0.1) is 0 Å². The maximum absolute atomic E-state index is 11.5. The average Bonchev–Trinajstić information content (AvgIpc) is 2.50. The standard InChI is InChI=1S/C7H14N6O/c1-5(6(14)12(2)3)8-7-9-10-11-13(7)4/h5H,1-4H3,(H,8,9,11)/t5-/m0/s1. The van der Waals surface area contributed by atoms with E-state index in [9.17, 15) is 4.79 Å². The van der Waals surface area contributed by atoms with Crippen LogP contribution in [0, 0.1) is 0 Å². The first kappa shape index (κ1) is 10.4. The minimum absolute atomic E-state index is 0.0204. The van der Waals surface area contributed by atoms with Crippen molar-refractivity contribution in [2.75, 3.05) is 19.4 Å². The molecule has 0 aliphatic rings.